The molecule has 1 aromatic heterocycles. The first kappa shape index (κ1) is 12.2. The van der Waals surface area contributed by atoms with E-state index in [2.05, 4.69) is 28.3 Å². The zero-order valence-corrected chi connectivity index (χ0v) is 11.0. The minimum Gasteiger partial charge on any atom is -0.367 e. The van der Waals surface area contributed by atoms with Crippen LogP contribution in [0.2, 0.25) is 0 Å². The van der Waals surface area contributed by atoms with Crippen LogP contribution in [0.1, 0.15) is 24.8 Å². The largest absolute Gasteiger partial charge is 0.367 e. The minimum absolute atomic E-state index is 0.395. The molecular formula is C15H19N3O. The van der Waals surface area contributed by atoms with Gasteiger partial charge in [-0.15, -0.1) is 0 Å². The van der Waals surface area contributed by atoms with Crippen molar-refractivity contribution in [3.8, 4) is 11.1 Å². The van der Waals surface area contributed by atoms with Gasteiger partial charge in [0, 0.05) is 6.54 Å². The van der Waals surface area contributed by atoms with Crippen LogP contribution in [-0.4, -0.2) is 23.1 Å². The van der Waals surface area contributed by atoms with Crippen LogP contribution in [0.3, 0.4) is 0 Å². The Morgan fingerprint density at radius 2 is 1.89 bits per heavy atom. The van der Waals surface area contributed by atoms with E-state index in [1.807, 2.05) is 6.07 Å². The summed E-state index contributed by atoms with van der Waals surface area (Å²) in [6.07, 6.45) is 5.66. The lowest BCUT2D eigenvalue weighted by molar-refractivity contribution is 0.221. The molecule has 2 aromatic rings. The van der Waals surface area contributed by atoms with E-state index in [4.69, 9.17) is 10.3 Å². The maximum atomic E-state index is 5.83. The molecule has 0 saturated carbocycles. The molecule has 0 radical (unpaired) electrons. The van der Waals surface area contributed by atoms with Gasteiger partial charge in [0.1, 0.15) is 0 Å². The predicted molar refractivity (Wildman–Crippen MR) is 75.5 cm³/mol. The van der Waals surface area contributed by atoms with Gasteiger partial charge in [-0.05, 0) is 37.1 Å². The normalized spacial score (nSPS) is 16.6. The number of hydrogen-bond acceptors (Lipinski definition) is 4. The van der Waals surface area contributed by atoms with Crippen molar-refractivity contribution in [3.05, 3.63) is 36.0 Å². The molecular weight excluding hydrogens is 238 g/mol. The Kier molecular flexibility index (Phi) is 3.51. The molecule has 2 heterocycles. The fraction of sp³-hybridized carbons (Fsp3) is 0.400. The average molecular weight is 257 g/mol. The number of piperidine rings is 1. The van der Waals surface area contributed by atoms with Gasteiger partial charge in [0.25, 0.3) is 0 Å². The van der Waals surface area contributed by atoms with Crippen molar-refractivity contribution in [1.82, 2.24) is 10.1 Å². The SMILES string of the molecule is Nc1oncc1-c1ccccc1CN1CCCCC1. The van der Waals surface area contributed by atoms with E-state index < -0.39 is 0 Å². The molecule has 19 heavy (non-hydrogen) atoms. The summed E-state index contributed by atoms with van der Waals surface area (Å²) in [6, 6.07) is 8.35. The third-order valence-corrected chi connectivity index (χ3v) is 3.75. The molecule has 2 N–H and O–H groups in total. The summed E-state index contributed by atoms with van der Waals surface area (Å²) in [4.78, 5) is 2.51. The molecule has 1 aliphatic rings. The number of hydrogen-bond donors (Lipinski definition) is 1. The standard InChI is InChI=1S/C15H19N3O/c16-15-14(10-17-19-15)13-7-3-2-6-12(13)11-18-8-4-1-5-9-18/h2-3,6-7,10H,1,4-5,8-9,11,16H2. The molecule has 1 saturated heterocycles. The van der Waals surface area contributed by atoms with Gasteiger partial charge in [-0.25, -0.2) is 0 Å². The summed E-state index contributed by atoms with van der Waals surface area (Å²) in [5.41, 5.74) is 9.15. The first-order valence-electron chi connectivity index (χ1n) is 6.85. The van der Waals surface area contributed by atoms with Gasteiger partial charge in [-0.1, -0.05) is 35.8 Å². The van der Waals surface area contributed by atoms with Gasteiger partial charge in [0.2, 0.25) is 5.88 Å². The molecule has 0 unspecified atom stereocenters. The first-order valence-corrected chi connectivity index (χ1v) is 6.85. The van der Waals surface area contributed by atoms with E-state index in [1.165, 1.54) is 37.9 Å². The molecule has 0 aliphatic carbocycles. The lowest BCUT2D eigenvalue weighted by atomic mass is 10.0. The maximum Gasteiger partial charge on any atom is 0.229 e. The molecule has 1 aromatic carbocycles. The monoisotopic (exact) mass is 257 g/mol. The van der Waals surface area contributed by atoms with Crippen molar-refractivity contribution in [2.24, 2.45) is 0 Å². The smallest absolute Gasteiger partial charge is 0.229 e. The Balaban J connectivity index is 1.87. The fourth-order valence-corrected chi connectivity index (χ4v) is 2.73. The second-order valence-corrected chi connectivity index (χ2v) is 5.10. The lowest BCUT2D eigenvalue weighted by Gasteiger charge is -2.27. The number of rotatable bonds is 3. The molecule has 0 atom stereocenters. The number of likely N-dealkylation sites (tertiary alicyclic amines) is 1. The highest BCUT2D eigenvalue weighted by molar-refractivity contribution is 5.74. The zero-order chi connectivity index (χ0) is 13.1. The number of nitrogen functional groups attached to an aromatic ring is 1. The highest BCUT2D eigenvalue weighted by Crippen LogP contribution is 2.29. The van der Waals surface area contributed by atoms with Gasteiger partial charge >= 0.3 is 0 Å². The van der Waals surface area contributed by atoms with E-state index in [0.29, 0.717) is 5.88 Å². The van der Waals surface area contributed by atoms with Crippen LogP contribution < -0.4 is 5.73 Å². The highest BCUT2D eigenvalue weighted by atomic mass is 16.5. The van der Waals surface area contributed by atoms with Crippen LogP contribution in [0.25, 0.3) is 11.1 Å². The van der Waals surface area contributed by atoms with Crippen LogP contribution in [0, 0.1) is 0 Å². The van der Waals surface area contributed by atoms with Gasteiger partial charge in [0.05, 0.1) is 11.8 Å². The summed E-state index contributed by atoms with van der Waals surface area (Å²) in [5.74, 6) is 0.395. The molecule has 0 spiro atoms. The second kappa shape index (κ2) is 5.45. The molecule has 4 nitrogen and oxygen atoms in total. The van der Waals surface area contributed by atoms with Crippen molar-refractivity contribution >= 4 is 5.88 Å². The second-order valence-electron chi connectivity index (χ2n) is 5.10. The van der Waals surface area contributed by atoms with E-state index in [9.17, 15) is 0 Å². The predicted octanol–water partition coefficient (Wildman–Crippen LogP) is 2.91. The van der Waals surface area contributed by atoms with Crippen molar-refractivity contribution < 1.29 is 4.52 Å². The van der Waals surface area contributed by atoms with E-state index >= 15 is 0 Å². The summed E-state index contributed by atoms with van der Waals surface area (Å²) in [6.45, 7) is 3.35. The van der Waals surface area contributed by atoms with E-state index in [-0.39, 0.29) is 0 Å². The Hall–Kier alpha value is -1.81. The number of nitrogens with zero attached hydrogens (tertiary/aromatic N) is 2. The van der Waals surface area contributed by atoms with Gasteiger partial charge < -0.3 is 10.3 Å². The minimum atomic E-state index is 0.395. The number of aromatic nitrogens is 1. The molecule has 1 fully saturated rings. The molecule has 100 valence electrons. The van der Waals surface area contributed by atoms with Crippen molar-refractivity contribution in [2.75, 3.05) is 18.8 Å². The Bertz CT molecular complexity index is 544. The Labute approximate surface area is 113 Å². The van der Waals surface area contributed by atoms with Crippen LogP contribution in [0.15, 0.2) is 35.0 Å². The highest BCUT2D eigenvalue weighted by Gasteiger charge is 2.15. The molecule has 3 rings (SSSR count). The Morgan fingerprint density at radius 1 is 1.11 bits per heavy atom. The maximum absolute atomic E-state index is 5.83. The molecule has 0 amide bonds. The quantitative estimate of drug-likeness (QED) is 0.918. The topological polar surface area (TPSA) is 55.3 Å². The van der Waals surface area contributed by atoms with Crippen LogP contribution >= 0.6 is 0 Å². The summed E-state index contributed by atoms with van der Waals surface area (Å²) in [5, 5.41) is 3.77. The van der Waals surface area contributed by atoms with Gasteiger partial charge in [-0.2, -0.15) is 0 Å². The number of anilines is 1. The lowest BCUT2D eigenvalue weighted by Crippen LogP contribution is -2.29. The van der Waals surface area contributed by atoms with E-state index in [1.54, 1.807) is 6.20 Å². The third kappa shape index (κ3) is 2.63. The summed E-state index contributed by atoms with van der Waals surface area (Å²) in [7, 11) is 0. The van der Waals surface area contributed by atoms with Gasteiger partial charge in [0.15, 0.2) is 0 Å². The third-order valence-electron chi connectivity index (χ3n) is 3.75. The van der Waals surface area contributed by atoms with Gasteiger partial charge in [-0.3, -0.25) is 4.90 Å². The number of nitrogens with two attached hydrogens (primary N) is 1. The number of benzene rings is 1. The van der Waals surface area contributed by atoms with Crippen LogP contribution in [0.5, 0.6) is 0 Å². The van der Waals surface area contributed by atoms with Crippen molar-refractivity contribution in [1.29, 1.82) is 0 Å². The average Bonchev–Trinajstić information content (AvgIpc) is 2.87. The molecule has 1 aliphatic heterocycles. The van der Waals surface area contributed by atoms with Crippen molar-refractivity contribution in [3.63, 3.8) is 0 Å². The van der Waals surface area contributed by atoms with Crippen LogP contribution in [-0.2, 0) is 6.54 Å². The summed E-state index contributed by atoms with van der Waals surface area (Å²) < 4.78 is 4.98. The zero-order valence-electron chi connectivity index (χ0n) is 11.0. The Morgan fingerprint density at radius 3 is 2.63 bits per heavy atom. The molecule has 4 heteroatoms. The fourth-order valence-electron chi connectivity index (χ4n) is 2.73. The molecule has 0 bridgehead atoms. The van der Waals surface area contributed by atoms with E-state index in [0.717, 1.165) is 17.7 Å². The summed E-state index contributed by atoms with van der Waals surface area (Å²) >= 11 is 0. The van der Waals surface area contributed by atoms with Crippen molar-refractivity contribution in [2.45, 2.75) is 25.8 Å². The first-order chi connectivity index (χ1) is 9.34. The van der Waals surface area contributed by atoms with Crippen LogP contribution in [0.4, 0.5) is 5.88 Å².